The molecule has 1 aromatic carbocycles. The lowest BCUT2D eigenvalue weighted by atomic mass is 10.0. The summed E-state index contributed by atoms with van der Waals surface area (Å²) >= 11 is 1.48. The van der Waals surface area contributed by atoms with E-state index in [0.717, 1.165) is 10.4 Å². The highest BCUT2D eigenvalue weighted by atomic mass is 32.1. The van der Waals surface area contributed by atoms with Crippen molar-refractivity contribution in [3.8, 4) is 16.2 Å². The third kappa shape index (κ3) is 3.73. The molecule has 0 amide bonds. The Morgan fingerprint density at radius 2 is 2.04 bits per heavy atom. The number of hydrogen-bond donors (Lipinski definition) is 1. The number of aryl methyl sites for hydroxylation is 2. The molecule has 0 radical (unpaired) electrons. The van der Waals surface area contributed by atoms with E-state index in [0.29, 0.717) is 16.8 Å². The maximum atomic E-state index is 12.2. The number of benzene rings is 1. The smallest absolute Gasteiger partial charge is 0.185 e. The van der Waals surface area contributed by atoms with Crippen LogP contribution in [-0.2, 0) is 0 Å². The second kappa shape index (κ2) is 7.62. The number of hydrogen-bond acceptors (Lipinski definition) is 5. The zero-order chi connectivity index (χ0) is 18.7. The van der Waals surface area contributed by atoms with Crippen LogP contribution in [0.2, 0.25) is 0 Å². The molecule has 0 fully saturated rings. The minimum atomic E-state index is -0.0958. The van der Waals surface area contributed by atoms with Crippen LogP contribution in [0.25, 0.3) is 10.4 Å². The van der Waals surface area contributed by atoms with E-state index < -0.39 is 0 Å². The lowest BCUT2D eigenvalue weighted by Crippen LogP contribution is -2.06. The van der Waals surface area contributed by atoms with Gasteiger partial charge in [-0.05, 0) is 49.6 Å². The number of thiophene rings is 1. The Hall–Kier alpha value is -2.79. The predicted octanol–water partition coefficient (Wildman–Crippen LogP) is 4.82. The van der Waals surface area contributed by atoms with Crippen molar-refractivity contribution in [2.75, 3.05) is 6.54 Å². The van der Waals surface area contributed by atoms with Crippen LogP contribution < -0.4 is 0 Å². The Balaban J connectivity index is 1.82. The molecule has 26 heavy (non-hydrogen) atoms. The summed E-state index contributed by atoms with van der Waals surface area (Å²) in [7, 11) is 0. The third-order valence-electron chi connectivity index (χ3n) is 4.37. The minimum absolute atomic E-state index is 0.0335. The fourth-order valence-electron chi connectivity index (χ4n) is 2.59. The van der Waals surface area contributed by atoms with E-state index in [1.807, 2.05) is 18.4 Å². The van der Waals surface area contributed by atoms with Gasteiger partial charge in [0.15, 0.2) is 5.78 Å². The molecule has 1 N–H and O–H groups in total. The summed E-state index contributed by atoms with van der Waals surface area (Å²) in [6.45, 7) is 5.96. The molecular weight excluding hydrogens is 344 g/mol. The van der Waals surface area contributed by atoms with Crippen LogP contribution in [0.4, 0.5) is 0 Å². The molecule has 3 rings (SSSR count). The maximum absolute atomic E-state index is 12.2. The van der Waals surface area contributed by atoms with Gasteiger partial charge in [-0.3, -0.25) is 14.8 Å². The van der Waals surface area contributed by atoms with Crippen LogP contribution in [0.15, 0.2) is 53.1 Å². The largest absolute Gasteiger partial charge is 0.506 e. The molecule has 0 aliphatic carbocycles. The molecule has 0 atom stereocenters. The van der Waals surface area contributed by atoms with Gasteiger partial charge in [-0.1, -0.05) is 18.2 Å². The number of Topliss-reactive ketones (excluding diaryl/α,β-unsaturated/α-hetero) is 1. The van der Waals surface area contributed by atoms with E-state index >= 15 is 0 Å². The quantitative estimate of drug-likeness (QED) is 0.521. The second-order valence-corrected chi connectivity index (χ2v) is 7.07. The van der Waals surface area contributed by atoms with Crippen LogP contribution in [0.3, 0.4) is 0 Å². The lowest BCUT2D eigenvalue weighted by molar-refractivity contribution is 0.100. The molecular formula is C21H20N2O2S. The van der Waals surface area contributed by atoms with E-state index in [4.69, 9.17) is 0 Å². The molecule has 4 nitrogen and oxygen atoms in total. The summed E-state index contributed by atoms with van der Waals surface area (Å²) in [5.74, 6) is 0.120. The molecule has 0 saturated carbocycles. The summed E-state index contributed by atoms with van der Waals surface area (Å²) in [6.07, 6.45) is 3.16. The summed E-state index contributed by atoms with van der Waals surface area (Å²) in [6, 6.07) is 9.58. The molecule has 0 aliphatic rings. The molecule has 5 heteroatoms. The van der Waals surface area contributed by atoms with Crippen molar-refractivity contribution in [2.24, 2.45) is 4.99 Å². The van der Waals surface area contributed by atoms with Crippen molar-refractivity contribution in [3.63, 3.8) is 0 Å². The van der Waals surface area contributed by atoms with Crippen molar-refractivity contribution in [1.29, 1.82) is 0 Å². The monoisotopic (exact) mass is 364 g/mol. The number of rotatable bonds is 5. The molecule has 0 bridgehead atoms. The summed E-state index contributed by atoms with van der Waals surface area (Å²) in [5, 5.41) is 12.5. The number of pyridine rings is 1. The molecule has 2 aromatic heterocycles. The average molecular weight is 364 g/mol. The van der Waals surface area contributed by atoms with Gasteiger partial charge in [0.1, 0.15) is 12.3 Å². The van der Waals surface area contributed by atoms with Gasteiger partial charge in [-0.25, -0.2) is 0 Å². The van der Waals surface area contributed by atoms with Gasteiger partial charge in [0.2, 0.25) is 0 Å². The first-order valence-electron chi connectivity index (χ1n) is 8.30. The molecule has 0 unspecified atom stereocenters. The third-order valence-corrected chi connectivity index (χ3v) is 5.39. The van der Waals surface area contributed by atoms with E-state index in [-0.39, 0.29) is 18.1 Å². The SMILES string of the molecule is CC(=NCC(=O)c1cccnc1)c1csc(-c2ccc(C)c(C)c2)c1O. The number of nitrogens with zero attached hydrogens (tertiary/aromatic N) is 2. The van der Waals surface area contributed by atoms with Gasteiger partial charge < -0.3 is 5.11 Å². The topological polar surface area (TPSA) is 62.5 Å². The zero-order valence-corrected chi connectivity index (χ0v) is 15.8. The zero-order valence-electron chi connectivity index (χ0n) is 15.0. The van der Waals surface area contributed by atoms with E-state index in [2.05, 4.69) is 36.0 Å². The first kappa shape index (κ1) is 18.0. The van der Waals surface area contributed by atoms with Crippen LogP contribution >= 0.6 is 11.3 Å². The second-order valence-electron chi connectivity index (χ2n) is 6.19. The number of aliphatic imine (C=N–C) groups is 1. The Bertz CT molecular complexity index is 975. The number of aromatic hydroxyl groups is 1. The number of ketones is 1. The molecule has 0 saturated heterocycles. The Labute approximate surface area is 156 Å². The van der Waals surface area contributed by atoms with Gasteiger partial charge in [-0.15, -0.1) is 11.3 Å². The van der Waals surface area contributed by atoms with Gasteiger partial charge in [0.05, 0.1) is 4.88 Å². The molecule has 2 heterocycles. The minimum Gasteiger partial charge on any atom is -0.506 e. The fraction of sp³-hybridized carbons (Fsp3) is 0.190. The first-order valence-corrected chi connectivity index (χ1v) is 9.18. The summed E-state index contributed by atoms with van der Waals surface area (Å²) in [5.41, 5.74) is 5.24. The van der Waals surface area contributed by atoms with E-state index in [1.165, 1.54) is 28.7 Å². The molecule has 132 valence electrons. The Kier molecular flexibility index (Phi) is 5.28. The van der Waals surface area contributed by atoms with Crippen molar-refractivity contribution >= 4 is 22.8 Å². The maximum Gasteiger partial charge on any atom is 0.185 e. The standard InChI is InChI=1S/C21H20N2O2S/c1-13-6-7-16(9-14(13)2)21-20(25)18(12-26-21)15(3)23-11-19(24)17-5-4-8-22-10-17/h4-10,12,25H,11H2,1-3H3. The number of aromatic nitrogens is 1. The van der Waals surface area contributed by atoms with Crippen molar-refractivity contribution < 1.29 is 9.90 Å². The Morgan fingerprint density at radius 3 is 2.73 bits per heavy atom. The molecule has 0 spiro atoms. The summed E-state index contributed by atoms with van der Waals surface area (Å²) < 4.78 is 0. The van der Waals surface area contributed by atoms with Crippen LogP contribution in [-0.4, -0.2) is 28.1 Å². The number of carbonyl (C=O) groups excluding carboxylic acids is 1. The van der Waals surface area contributed by atoms with Crippen LogP contribution in [0.5, 0.6) is 5.75 Å². The average Bonchev–Trinajstić information content (AvgIpc) is 3.04. The molecule has 0 aliphatic heterocycles. The van der Waals surface area contributed by atoms with E-state index in [1.54, 1.807) is 18.3 Å². The lowest BCUT2D eigenvalue weighted by Gasteiger charge is -2.05. The first-order chi connectivity index (χ1) is 12.5. The highest BCUT2D eigenvalue weighted by molar-refractivity contribution is 7.14. The van der Waals surface area contributed by atoms with Gasteiger partial charge >= 0.3 is 0 Å². The van der Waals surface area contributed by atoms with Gasteiger partial charge in [0.25, 0.3) is 0 Å². The van der Waals surface area contributed by atoms with E-state index in [9.17, 15) is 9.90 Å². The van der Waals surface area contributed by atoms with Crippen molar-refractivity contribution in [1.82, 2.24) is 4.98 Å². The highest BCUT2D eigenvalue weighted by Gasteiger charge is 2.15. The predicted molar refractivity (Wildman–Crippen MR) is 107 cm³/mol. The number of carbonyl (C=O) groups is 1. The van der Waals surface area contributed by atoms with Crippen molar-refractivity contribution in [3.05, 3.63) is 70.4 Å². The Morgan fingerprint density at radius 1 is 1.23 bits per heavy atom. The van der Waals surface area contributed by atoms with Crippen LogP contribution in [0.1, 0.15) is 34.0 Å². The molecule has 3 aromatic rings. The highest BCUT2D eigenvalue weighted by Crippen LogP contribution is 2.39. The van der Waals surface area contributed by atoms with Gasteiger partial charge in [-0.2, -0.15) is 0 Å². The summed E-state index contributed by atoms with van der Waals surface area (Å²) in [4.78, 5) is 21.3. The normalized spacial score (nSPS) is 11.6. The van der Waals surface area contributed by atoms with Gasteiger partial charge in [0, 0.05) is 34.6 Å². The van der Waals surface area contributed by atoms with Crippen molar-refractivity contribution in [2.45, 2.75) is 20.8 Å². The fourth-order valence-corrected chi connectivity index (χ4v) is 3.59. The van der Waals surface area contributed by atoms with Crippen LogP contribution in [0, 0.1) is 13.8 Å².